The second-order valence-corrected chi connectivity index (χ2v) is 7.91. The number of carbonyl (C=O) groups excluding carboxylic acids is 1. The quantitative estimate of drug-likeness (QED) is 0.624. The maximum Gasteiger partial charge on any atom is 0.293 e. The van der Waals surface area contributed by atoms with Crippen LogP contribution in [0.15, 0.2) is 65.1 Å². The van der Waals surface area contributed by atoms with Crippen LogP contribution in [0.25, 0.3) is 11.3 Å². The lowest BCUT2D eigenvalue weighted by Crippen LogP contribution is -2.31. The molecule has 1 saturated heterocycles. The van der Waals surface area contributed by atoms with Gasteiger partial charge in [0.05, 0.1) is 0 Å². The predicted molar refractivity (Wildman–Crippen MR) is 118 cm³/mol. The first-order chi connectivity index (χ1) is 14.4. The zero-order valence-corrected chi connectivity index (χ0v) is 17.5. The molecule has 0 spiro atoms. The van der Waals surface area contributed by atoms with Crippen LogP contribution in [0, 0.1) is 5.82 Å². The van der Waals surface area contributed by atoms with Crippen LogP contribution in [0.5, 0.6) is 0 Å². The molecule has 4 rings (SSSR count). The van der Waals surface area contributed by atoms with Gasteiger partial charge >= 0.3 is 0 Å². The van der Waals surface area contributed by atoms with Crippen molar-refractivity contribution < 1.29 is 13.6 Å². The van der Waals surface area contributed by atoms with Gasteiger partial charge in [0.1, 0.15) is 11.6 Å². The third kappa shape index (κ3) is 4.09. The monoisotopic (exact) mass is 407 g/mol. The summed E-state index contributed by atoms with van der Waals surface area (Å²) in [7, 11) is 5.96. The first-order valence-electron chi connectivity index (χ1n) is 10.1. The topological polar surface area (TPSA) is 39.9 Å². The summed E-state index contributed by atoms with van der Waals surface area (Å²) in [5.74, 6) is 0.0865. The fourth-order valence-corrected chi connectivity index (χ4v) is 3.82. The Morgan fingerprint density at radius 3 is 2.50 bits per heavy atom. The summed E-state index contributed by atoms with van der Waals surface area (Å²) < 4.78 is 19.1. The number of anilines is 2. The van der Waals surface area contributed by atoms with Gasteiger partial charge in [-0.05, 0) is 69.0 Å². The minimum atomic E-state index is -0.344. The van der Waals surface area contributed by atoms with Crippen LogP contribution >= 0.6 is 0 Å². The van der Waals surface area contributed by atoms with Gasteiger partial charge in [-0.1, -0.05) is 12.1 Å². The zero-order chi connectivity index (χ0) is 21.3. The van der Waals surface area contributed by atoms with Crippen molar-refractivity contribution in [2.45, 2.75) is 12.5 Å². The molecule has 5 nitrogen and oxygen atoms in total. The van der Waals surface area contributed by atoms with E-state index in [-0.39, 0.29) is 17.5 Å². The van der Waals surface area contributed by atoms with E-state index in [2.05, 4.69) is 36.0 Å². The van der Waals surface area contributed by atoms with Crippen molar-refractivity contribution in [3.8, 4) is 11.3 Å². The standard InChI is InChI=1S/C24H26FN3O2/c1-26(2)21-13-14-28(16-21)20-9-7-19(8-10-20)27(3)24(29)23-12-11-22(30-23)17-5-4-6-18(25)15-17/h4-12,15,21H,13-14,16H2,1-3H3. The molecular weight excluding hydrogens is 381 g/mol. The number of hydrogen-bond donors (Lipinski definition) is 0. The van der Waals surface area contributed by atoms with Gasteiger partial charge in [0.2, 0.25) is 0 Å². The number of amides is 1. The van der Waals surface area contributed by atoms with Crippen molar-refractivity contribution >= 4 is 17.3 Å². The lowest BCUT2D eigenvalue weighted by molar-refractivity contribution is 0.0967. The summed E-state index contributed by atoms with van der Waals surface area (Å²) >= 11 is 0. The number of nitrogens with zero attached hydrogens (tertiary/aromatic N) is 3. The molecule has 1 aliphatic heterocycles. The Bertz CT molecular complexity index is 1030. The number of furan rings is 1. The Balaban J connectivity index is 1.46. The summed E-state index contributed by atoms with van der Waals surface area (Å²) in [6.07, 6.45) is 1.15. The largest absolute Gasteiger partial charge is 0.451 e. The SMILES string of the molecule is CN(C(=O)c1ccc(-c2cccc(F)c2)o1)c1ccc(N2CCC(N(C)C)C2)cc1. The zero-order valence-electron chi connectivity index (χ0n) is 17.5. The summed E-state index contributed by atoms with van der Waals surface area (Å²) in [5, 5.41) is 0. The Morgan fingerprint density at radius 1 is 1.07 bits per heavy atom. The van der Waals surface area contributed by atoms with Crippen molar-refractivity contribution in [3.63, 3.8) is 0 Å². The molecule has 1 unspecified atom stereocenters. The van der Waals surface area contributed by atoms with Gasteiger partial charge in [-0.25, -0.2) is 4.39 Å². The van der Waals surface area contributed by atoms with Gasteiger partial charge in [0.15, 0.2) is 5.76 Å². The molecule has 1 aliphatic rings. The highest BCUT2D eigenvalue weighted by Crippen LogP contribution is 2.27. The van der Waals surface area contributed by atoms with Gasteiger partial charge in [-0.3, -0.25) is 4.79 Å². The van der Waals surface area contributed by atoms with Crippen LogP contribution in [0.2, 0.25) is 0 Å². The normalized spacial score (nSPS) is 16.3. The van der Waals surface area contributed by atoms with Crippen LogP contribution in [0.3, 0.4) is 0 Å². The summed E-state index contributed by atoms with van der Waals surface area (Å²) in [6, 6.07) is 18.0. The van der Waals surface area contributed by atoms with Crippen molar-refractivity contribution in [3.05, 3.63) is 72.2 Å². The van der Waals surface area contributed by atoms with E-state index >= 15 is 0 Å². The van der Waals surface area contributed by atoms with Gasteiger partial charge in [-0.15, -0.1) is 0 Å². The molecule has 3 aromatic rings. The van der Waals surface area contributed by atoms with Crippen LogP contribution < -0.4 is 9.80 Å². The molecule has 30 heavy (non-hydrogen) atoms. The number of likely N-dealkylation sites (N-methyl/N-ethyl adjacent to an activating group) is 1. The van der Waals surface area contributed by atoms with Crippen molar-refractivity contribution in [1.29, 1.82) is 0 Å². The molecule has 0 bridgehead atoms. The van der Waals surface area contributed by atoms with Gasteiger partial charge < -0.3 is 19.1 Å². The first kappa shape index (κ1) is 20.2. The fraction of sp³-hybridized carbons (Fsp3) is 0.292. The van der Waals surface area contributed by atoms with E-state index in [0.717, 1.165) is 30.9 Å². The van der Waals surface area contributed by atoms with Crippen molar-refractivity contribution in [2.24, 2.45) is 0 Å². The van der Waals surface area contributed by atoms with E-state index in [1.807, 2.05) is 12.1 Å². The third-order valence-electron chi connectivity index (χ3n) is 5.73. The van der Waals surface area contributed by atoms with Crippen molar-refractivity contribution in [2.75, 3.05) is 44.0 Å². The smallest absolute Gasteiger partial charge is 0.293 e. The Labute approximate surface area is 176 Å². The maximum absolute atomic E-state index is 13.5. The molecule has 1 amide bonds. The van der Waals surface area contributed by atoms with E-state index in [1.165, 1.54) is 12.1 Å². The lowest BCUT2D eigenvalue weighted by Gasteiger charge is -2.23. The molecule has 2 aromatic carbocycles. The number of benzene rings is 2. The Morgan fingerprint density at radius 2 is 1.83 bits per heavy atom. The molecule has 1 aromatic heterocycles. The Hall–Kier alpha value is -3.12. The minimum absolute atomic E-state index is 0.217. The molecule has 2 heterocycles. The van der Waals surface area contributed by atoms with E-state index in [4.69, 9.17) is 4.42 Å². The summed E-state index contributed by atoms with van der Waals surface area (Å²) in [6.45, 7) is 2.04. The molecule has 1 fully saturated rings. The molecule has 0 N–H and O–H groups in total. The third-order valence-corrected chi connectivity index (χ3v) is 5.73. The van der Waals surface area contributed by atoms with Crippen LogP contribution in [-0.4, -0.2) is 51.1 Å². The number of carbonyl (C=O) groups is 1. The van der Waals surface area contributed by atoms with E-state index in [1.54, 1.807) is 36.2 Å². The molecule has 0 radical (unpaired) electrons. The van der Waals surface area contributed by atoms with E-state index in [9.17, 15) is 9.18 Å². The summed E-state index contributed by atoms with van der Waals surface area (Å²) in [5.41, 5.74) is 2.55. The molecular formula is C24H26FN3O2. The minimum Gasteiger partial charge on any atom is -0.451 e. The predicted octanol–water partition coefficient (Wildman–Crippen LogP) is 4.50. The number of halogens is 1. The van der Waals surface area contributed by atoms with Gasteiger partial charge in [0, 0.05) is 43.1 Å². The highest BCUT2D eigenvalue weighted by Gasteiger charge is 2.24. The van der Waals surface area contributed by atoms with E-state index in [0.29, 0.717) is 17.4 Å². The van der Waals surface area contributed by atoms with Gasteiger partial charge in [0.25, 0.3) is 5.91 Å². The molecule has 156 valence electrons. The number of hydrogen-bond acceptors (Lipinski definition) is 4. The molecule has 1 atom stereocenters. The van der Waals surface area contributed by atoms with Crippen molar-refractivity contribution in [1.82, 2.24) is 4.90 Å². The summed E-state index contributed by atoms with van der Waals surface area (Å²) in [4.78, 5) is 19.1. The molecule has 6 heteroatoms. The molecule has 0 aliphatic carbocycles. The average Bonchev–Trinajstić information content (AvgIpc) is 3.43. The second-order valence-electron chi connectivity index (χ2n) is 7.91. The average molecular weight is 407 g/mol. The second kappa shape index (κ2) is 8.32. The van der Waals surface area contributed by atoms with Crippen LogP contribution in [-0.2, 0) is 0 Å². The van der Waals surface area contributed by atoms with E-state index < -0.39 is 0 Å². The Kier molecular flexibility index (Phi) is 5.59. The molecule has 0 saturated carbocycles. The highest BCUT2D eigenvalue weighted by atomic mass is 19.1. The maximum atomic E-state index is 13.5. The first-order valence-corrected chi connectivity index (χ1v) is 10.1. The highest BCUT2D eigenvalue weighted by molar-refractivity contribution is 6.04. The fourth-order valence-electron chi connectivity index (χ4n) is 3.82. The van der Waals surface area contributed by atoms with Crippen LogP contribution in [0.1, 0.15) is 17.0 Å². The number of rotatable bonds is 5. The van der Waals surface area contributed by atoms with Gasteiger partial charge in [-0.2, -0.15) is 0 Å². The lowest BCUT2D eigenvalue weighted by atomic mass is 10.2. The van der Waals surface area contributed by atoms with Crippen LogP contribution in [0.4, 0.5) is 15.8 Å².